The van der Waals surface area contributed by atoms with Crippen molar-refractivity contribution in [2.45, 2.75) is 12.5 Å². The zero-order chi connectivity index (χ0) is 9.97. The van der Waals surface area contributed by atoms with Gasteiger partial charge in [-0.05, 0) is 5.21 Å². The van der Waals surface area contributed by atoms with E-state index in [0.717, 1.165) is 25.3 Å². The van der Waals surface area contributed by atoms with E-state index in [1.165, 1.54) is 10.4 Å². The third kappa shape index (κ3) is 2.15. The van der Waals surface area contributed by atoms with Crippen LogP contribution in [-0.2, 0) is 13.5 Å². The zero-order valence-corrected chi connectivity index (χ0v) is 8.14. The molecule has 3 N–H and O–H groups in total. The number of hydrogen-bond acceptors (Lipinski definition) is 5. The van der Waals surface area contributed by atoms with Gasteiger partial charge in [-0.3, -0.25) is 0 Å². The Labute approximate surface area is 82.2 Å². The fourth-order valence-corrected chi connectivity index (χ4v) is 1.54. The molecule has 0 bridgehead atoms. The van der Waals surface area contributed by atoms with Crippen molar-refractivity contribution < 1.29 is 0 Å². The van der Waals surface area contributed by atoms with Crippen LogP contribution in [0.15, 0.2) is 11.6 Å². The molecule has 0 aromatic carbocycles. The Morgan fingerprint density at radius 1 is 1.71 bits per heavy atom. The molecule has 1 atom stereocenters. The maximum absolute atomic E-state index is 5.78. The van der Waals surface area contributed by atoms with Crippen LogP contribution in [-0.4, -0.2) is 39.3 Å². The summed E-state index contributed by atoms with van der Waals surface area (Å²) in [5.74, 6) is 0.745. The van der Waals surface area contributed by atoms with E-state index in [9.17, 15) is 0 Å². The lowest BCUT2D eigenvalue weighted by molar-refractivity contribution is 0.618. The maximum Gasteiger partial charge on any atom is 0.178 e. The van der Waals surface area contributed by atoms with Crippen molar-refractivity contribution in [3.63, 3.8) is 0 Å². The molecule has 0 amide bonds. The molecule has 76 valence electrons. The lowest BCUT2D eigenvalue weighted by Gasteiger charge is -2.18. The highest BCUT2D eigenvalue weighted by molar-refractivity contribution is 5.16. The van der Waals surface area contributed by atoms with Gasteiger partial charge < -0.3 is 11.1 Å². The second-order valence-electron chi connectivity index (χ2n) is 3.49. The number of rotatable bonds is 2. The molecule has 14 heavy (non-hydrogen) atoms. The summed E-state index contributed by atoms with van der Waals surface area (Å²) in [5, 5.41) is 15.1. The average Bonchev–Trinajstić information content (AvgIpc) is 2.51. The van der Waals surface area contributed by atoms with Gasteiger partial charge in [-0.2, -0.15) is 4.80 Å². The van der Waals surface area contributed by atoms with E-state index in [-0.39, 0.29) is 6.04 Å². The summed E-state index contributed by atoms with van der Waals surface area (Å²) in [4.78, 5) is 1.46. The number of nitrogens with two attached hydrogens (primary N) is 1. The molecular formula is C8H14N6. The monoisotopic (exact) mass is 194 g/mol. The standard InChI is InChI=1S/C8H14N6/c1-14-12-8(11-13-14)3-6-2-7(9)5-10-4-6/h2,7,10H,3-5,9H2,1H3. The average molecular weight is 194 g/mol. The van der Waals surface area contributed by atoms with Crippen LogP contribution in [0.5, 0.6) is 0 Å². The molecule has 0 fully saturated rings. The first-order chi connectivity index (χ1) is 6.74. The molecule has 1 aliphatic heterocycles. The summed E-state index contributed by atoms with van der Waals surface area (Å²) < 4.78 is 0. The number of nitrogens with zero attached hydrogens (tertiary/aromatic N) is 4. The van der Waals surface area contributed by atoms with Gasteiger partial charge in [0.1, 0.15) is 0 Å². The van der Waals surface area contributed by atoms with Gasteiger partial charge in [0.05, 0.1) is 7.05 Å². The Morgan fingerprint density at radius 3 is 3.21 bits per heavy atom. The second kappa shape index (κ2) is 3.85. The first-order valence-electron chi connectivity index (χ1n) is 4.63. The van der Waals surface area contributed by atoms with E-state index in [1.54, 1.807) is 7.05 Å². The van der Waals surface area contributed by atoms with E-state index in [1.807, 2.05) is 0 Å². The van der Waals surface area contributed by atoms with Gasteiger partial charge in [-0.15, -0.1) is 10.2 Å². The summed E-state index contributed by atoms with van der Waals surface area (Å²) >= 11 is 0. The van der Waals surface area contributed by atoms with Crippen LogP contribution in [0.3, 0.4) is 0 Å². The first kappa shape index (κ1) is 9.29. The van der Waals surface area contributed by atoms with Crippen LogP contribution in [0.2, 0.25) is 0 Å². The quantitative estimate of drug-likeness (QED) is 0.566. The largest absolute Gasteiger partial charge is 0.323 e. The smallest absolute Gasteiger partial charge is 0.178 e. The molecule has 0 saturated carbocycles. The highest BCUT2D eigenvalue weighted by Gasteiger charge is 2.11. The molecule has 1 unspecified atom stereocenters. The molecule has 1 aromatic rings. The van der Waals surface area contributed by atoms with Crippen molar-refractivity contribution in [2.75, 3.05) is 13.1 Å². The number of aromatic nitrogens is 4. The van der Waals surface area contributed by atoms with Gasteiger partial charge in [-0.25, -0.2) is 0 Å². The highest BCUT2D eigenvalue weighted by atomic mass is 15.6. The minimum atomic E-state index is 0.107. The van der Waals surface area contributed by atoms with Gasteiger partial charge in [0.25, 0.3) is 0 Å². The molecule has 0 saturated heterocycles. The third-order valence-corrected chi connectivity index (χ3v) is 2.12. The fraction of sp³-hybridized carbons (Fsp3) is 0.625. The first-order valence-corrected chi connectivity index (χ1v) is 4.63. The Hall–Kier alpha value is -1.27. The minimum Gasteiger partial charge on any atom is -0.323 e. The number of tetrazole rings is 1. The van der Waals surface area contributed by atoms with Crippen LogP contribution in [0.4, 0.5) is 0 Å². The van der Waals surface area contributed by atoms with Crippen LogP contribution in [0, 0.1) is 0 Å². The zero-order valence-electron chi connectivity index (χ0n) is 8.14. The van der Waals surface area contributed by atoms with Crippen molar-refractivity contribution in [1.29, 1.82) is 0 Å². The van der Waals surface area contributed by atoms with Crippen molar-refractivity contribution in [2.24, 2.45) is 12.8 Å². The molecule has 6 nitrogen and oxygen atoms in total. The maximum atomic E-state index is 5.78. The van der Waals surface area contributed by atoms with Crippen LogP contribution < -0.4 is 11.1 Å². The van der Waals surface area contributed by atoms with Gasteiger partial charge in [-0.1, -0.05) is 11.6 Å². The molecule has 1 aromatic heterocycles. The van der Waals surface area contributed by atoms with E-state index in [0.29, 0.717) is 0 Å². The summed E-state index contributed by atoms with van der Waals surface area (Å²) in [6, 6.07) is 0.107. The van der Waals surface area contributed by atoms with Gasteiger partial charge in [0, 0.05) is 25.6 Å². The Kier molecular flexibility index (Phi) is 2.55. The highest BCUT2D eigenvalue weighted by Crippen LogP contribution is 2.05. The van der Waals surface area contributed by atoms with Crippen molar-refractivity contribution >= 4 is 0 Å². The lowest BCUT2D eigenvalue weighted by atomic mass is 10.1. The third-order valence-electron chi connectivity index (χ3n) is 2.12. The fourth-order valence-electron chi connectivity index (χ4n) is 1.54. The van der Waals surface area contributed by atoms with E-state index in [4.69, 9.17) is 5.73 Å². The Balaban J connectivity index is 2.03. The van der Waals surface area contributed by atoms with Crippen molar-refractivity contribution in [3.05, 3.63) is 17.5 Å². The van der Waals surface area contributed by atoms with Crippen molar-refractivity contribution in [1.82, 2.24) is 25.5 Å². The molecule has 0 radical (unpaired) electrons. The van der Waals surface area contributed by atoms with E-state index >= 15 is 0 Å². The van der Waals surface area contributed by atoms with Crippen LogP contribution >= 0.6 is 0 Å². The molecule has 0 aliphatic carbocycles. The Morgan fingerprint density at radius 2 is 2.57 bits per heavy atom. The van der Waals surface area contributed by atoms with Gasteiger partial charge >= 0.3 is 0 Å². The number of aryl methyl sites for hydroxylation is 1. The second-order valence-corrected chi connectivity index (χ2v) is 3.49. The summed E-state index contributed by atoms with van der Waals surface area (Å²) in [7, 11) is 1.76. The molecule has 2 heterocycles. The summed E-state index contributed by atoms with van der Waals surface area (Å²) in [5.41, 5.74) is 7.02. The lowest BCUT2D eigenvalue weighted by Crippen LogP contribution is -2.38. The van der Waals surface area contributed by atoms with Crippen LogP contribution in [0.1, 0.15) is 5.82 Å². The van der Waals surface area contributed by atoms with Gasteiger partial charge in [0.15, 0.2) is 5.82 Å². The number of hydrogen-bond donors (Lipinski definition) is 2. The molecule has 2 rings (SSSR count). The topological polar surface area (TPSA) is 81.7 Å². The van der Waals surface area contributed by atoms with Crippen LogP contribution in [0.25, 0.3) is 0 Å². The predicted molar refractivity (Wildman–Crippen MR) is 51.4 cm³/mol. The summed E-state index contributed by atoms with van der Waals surface area (Å²) in [6.45, 7) is 1.71. The molecule has 0 spiro atoms. The summed E-state index contributed by atoms with van der Waals surface area (Å²) in [6.07, 6.45) is 2.81. The van der Waals surface area contributed by atoms with Gasteiger partial charge in [0.2, 0.25) is 0 Å². The Bertz CT molecular complexity index is 341. The minimum absolute atomic E-state index is 0.107. The molecule has 1 aliphatic rings. The molecular weight excluding hydrogens is 180 g/mol. The molecule has 6 heteroatoms. The SMILES string of the molecule is Cn1nnc(CC2=CC(N)CNC2)n1. The predicted octanol–water partition coefficient (Wildman–Crippen LogP) is -1.39. The van der Waals surface area contributed by atoms with E-state index < -0.39 is 0 Å². The number of nitrogens with one attached hydrogen (secondary N) is 1. The van der Waals surface area contributed by atoms with Crippen molar-refractivity contribution in [3.8, 4) is 0 Å². The normalized spacial score (nSPS) is 22.1. The van der Waals surface area contributed by atoms with E-state index in [2.05, 4.69) is 26.8 Å².